The lowest BCUT2D eigenvalue weighted by Gasteiger charge is -2.36. The lowest BCUT2D eigenvalue weighted by molar-refractivity contribution is -0.245. The van der Waals surface area contributed by atoms with Gasteiger partial charge in [0.2, 0.25) is 0 Å². The minimum absolute atomic E-state index is 0.0165. The summed E-state index contributed by atoms with van der Waals surface area (Å²) in [6.07, 6.45) is -0.247. The first-order chi connectivity index (χ1) is 17.6. The maximum Gasteiger partial charge on any atom is 0.266 e. The molecule has 0 saturated carbocycles. The standard InChI is InChI=1S/C28H27NO6S/c30-13-14-36-17-22-15-25(19-7-5-18(16-31)6-8-19)35-28(34-22)20-9-11-21(12-10-20)29-26(32)23-3-1-2-4-24(23)27(29)33/h1-12,22,25,28,30-31H,13-17H2. The molecule has 0 aliphatic carbocycles. The number of aliphatic hydroxyl groups is 2. The van der Waals surface area contributed by atoms with Gasteiger partial charge in [0.05, 0.1) is 42.2 Å². The van der Waals surface area contributed by atoms with Crippen LogP contribution in [0.25, 0.3) is 0 Å². The molecule has 7 nitrogen and oxygen atoms in total. The molecule has 0 spiro atoms. The number of nitrogens with zero attached hydrogens (tertiary/aromatic N) is 1. The van der Waals surface area contributed by atoms with Crippen molar-refractivity contribution >= 4 is 29.3 Å². The van der Waals surface area contributed by atoms with Gasteiger partial charge in [0.15, 0.2) is 6.29 Å². The van der Waals surface area contributed by atoms with Crippen LogP contribution in [-0.2, 0) is 16.1 Å². The summed E-state index contributed by atoms with van der Waals surface area (Å²) < 4.78 is 12.6. The number of fused-ring (bicyclic) bond motifs is 1. The molecule has 36 heavy (non-hydrogen) atoms. The summed E-state index contributed by atoms with van der Waals surface area (Å²) in [6, 6.07) is 21.6. The smallest absolute Gasteiger partial charge is 0.266 e. The normalized spacial score (nSPS) is 21.6. The quantitative estimate of drug-likeness (QED) is 0.349. The number of amides is 2. The molecule has 5 rings (SSSR count). The van der Waals surface area contributed by atoms with Crippen LogP contribution in [0.2, 0.25) is 0 Å². The first-order valence-electron chi connectivity index (χ1n) is 11.9. The average molecular weight is 506 g/mol. The summed E-state index contributed by atoms with van der Waals surface area (Å²) >= 11 is 1.63. The fourth-order valence-electron chi connectivity index (χ4n) is 4.51. The van der Waals surface area contributed by atoms with Gasteiger partial charge in [0.25, 0.3) is 11.8 Å². The summed E-state index contributed by atoms with van der Waals surface area (Å²) in [5, 5.41) is 18.5. The molecule has 8 heteroatoms. The molecule has 0 radical (unpaired) electrons. The number of carbonyl (C=O) groups excluding carboxylic acids is 2. The number of thioether (sulfide) groups is 1. The molecular formula is C28H27NO6S. The third-order valence-electron chi connectivity index (χ3n) is 6.37. The van der Waals surface area contributed by atoms with Crippen LogP contribution in [0.1, 0.15) is 56.2 Å². The molecule has 3 unspecified atom stereocenters. The van der Waals surface area contributed by atoms with Gasteiger partial charge in [-0.05, 0) is 35.4 Å². The van der Waals surface area contributed by atoms with Gasteiger partial charge in [-0.2, -0.15) is 11.8 Å². The topological polar surface area (TPSA) is 96.3 Å². The van der Waals surface area contributed by atoms with Crippen LogP contribution in [0.4, 0.5) is 5.69 Å². The lowest BCUT2D eigenvalue weighted by Crippen LogP contribution is -2.31. The van der Waals surface area contributed by atoms with E-state index in [0.29, 0.717) is 29.0 Å². The van der Waals surface area contributed by atoms with Gasteiger partial charge < -0.3 is 19.7 Å². The van der Waals surface area contributed by atoms with Crippen molar-refractivity contribution < 1.29 is 29.3 Å². The second-order valence-electron chi connectivity index (χ2n) is 8.73. The van der Waals surface area contributed by atoms with Crippen molar-refractivity contribution in [2.75, 3.05) is 23.0 Å². The van der Waals surface area contributed by atoms with Crippen molar-refractivity contribution in [2.45, 2.75) is 31.5 Å². The van der Waals surface area contributed by atoms with E-state index in [2.05, 4.69) is 0 Å². The second-order valence-corrected chi connectivity index (χ2v) is 9.88. The number of carbonyl (C=O) groups is 2. The Kier molecular flexibility index (Phi) is 7.50. The van der Waals surface area contributed by atoms with E-state index in [-0.39, 0.29) is 37.2 Å². The molecule has 2 amide bonds. The van der Waals surface area contributed by atoms with E-state index in [0.717, 1.165) is 22.4 Å². The van der Waals surface area contributed by atoms with Crippen LogP contribution in [-0.4, -0.2) is 46.2 Å². The van der Waals surface area contributed by atoms with E-state index in [1.54, 1.807) is 48.2 Å². The van der Waals surface area contributed by atoms with Crippen LogP contribution >= 0.6 is 11.8 Å². The molecule has 2 aliphatic rings. The molecule has 186 valence electrons. The first kappa shape index (κ1) is 24.7. The summed E-state index contributed by atoms with van der Waals surface area (Å²) in [7, 11) is 0. The summed E-state index contributed by atoms with van der Waals surface area (Å²) in [5.74, 6) is 0.691. The Morgan fingerprint density at radius 3 is 2.08 bits per heavy atom. The summed E-state index contributed by atoms with van der Waals surface area (Å²) in [5.41, 5.74) is 3.92. The molecular weight excluding hydrogens is 478 g/mol. The highest BCUT2D eigenvalue weighted by molar-refractivity contribution is 7.99. The van der Waals surface area contributed by atoms with E-state index in [1.165, 1.54) is 4.90 Å². The fourth-order valence-corrected chi connectivity index (χ4v) is 5.28. The van der Waals surface area contributed by atoms with Crippen LogP contribution in [0.15, 0.2) is 72.8 Å². The van der Waals surface area contributed by atoms with E-state index >= 15 is 0 Å². The maximum absolute atomic E-state index is 12.8. The minimum Gasteiger partial charge on any atom is -0.396 e. The highest BCUT2D eigenvalue weighted by Gasteiger charge is 2.37. The minimum atomic E-state index is -0.628. The highest BCUT2D eigenvalue weighted by atomic mass is 32.2. The molecule has 3 atom stereocenters. The van der Waals surface area contributed by atoms with E-state index in [4.69, 9.17) is 14.6 Å². The second kappa shape index (κ2) is 10.9. The highest BCUT2D eigenvalue weighted by Crippen LogP contribution is 2.39. The Morgan fingerprint density at radius 1 is 0.833 bits per heavy atom. The Balaban J connectivity index is 1.36. The van der Waals surface area contributed by atoms with E-state index in [1.807, 2.05) is 36.4 Å². The third kappa shape index (κ3) is 4.96. The van der Waals surface area contributed by atoms with Crippen molar-refractivity contribution in [2.24, 2.45) is 0 Å². The van der Waals surface area contributed by atoms with Crippen molar-refractivity contribution in [1.82, 2.24) is 0 Å². The van der Waals surface area contributed by atoms with Gasteiger partial charge in [-0.25, -0.2) is 4.90 Å². The molecule has 0 aromatic heterocycles. The molecule has 2 N–H and O–H groups in total. The van der Waals surface area contributed by atoms with E-state index in [9.17, 15) is 14.7 Å². The predicted molar refractivity (Wildman–Crippen MR) is 137 cm³/mol. The molecule has 0 bridgehead atoms. The van der Waals surface area contributed by atoms with Crippen molar-refractivity contribution in [3.05, 3.63) is 101 Å². The van der Waals surface area contributed by atoms with Crippen LogP contribution in [0, 0.1) is 0 Å². The Labute approximate surface area is 213 Å². The zero-order valence-corrected chi connectivity index (χ0v) is 20.4. The Morgan fingerprint density at radius 2 is 1.47 bits per heavy atom. The molecule has 2 heterocycles. The largest absolute Gasteiger partial charge is 0.396 e. The lowest BCUT2D eigenvalue weighted by atomic mass is 10.0. The molecule has 3 aromatic carbocycles. The maximum atomic E-state index is 12.8. The number of imide groups is 1. The molecule has 1 fully saturated rings. The Bertz CT molecular complexity index is 1190. The average Bonchev–Trinajstić information content (AvgIpc) is 3.18. The number of rotatable bonds is 8. The van der Waals surface area contributed by atoms with Gasteiger partial charge in [-0.1, -0.05) is 48.5 Å². The number of hydrogen-bond acceptors (Lipinski definition) is 7. The number of aliphatic hydroxyl groups excluding tert-OH is 2. The van der Waals surface area contributed by atoms with E-state index < -0.39 is 6.29 Å². The molecule has 2 aliphatic heterocycles. The number of ether oxygens (including phenoxy) is 2. The zero-order chi connectivity index (χ0) is 25.1. The molecule has 1 saturated heterocycles. The van der Waals surface area contributed by atoms with Gasteiger partial charge in [-0.3, -0.25) is 9.59 Å². The monoisotopic (exact) mass is 505 g/mol. The van der Waals surface area contributed by atoms with Gasteiger partial charge in [0, 0.05) is 23.5 Å². The van der Waals surface area contributed by atoms with Gasteiger partial charge >= 0.3 is 0 Å². The van der Waals surface area contributed by atoms with Crippen molar-refractivity contribution in [3.63, 3.8) is 0 Å². The zero-order valence-electron chi connectivity index (χ0n) is 19.6. The third-order valence-corrected chi connectivity index (χ3v) is 7.45. The first-order valence-corrected chi connectivity index (χ1v) is 13.0. The van der Waals surface area contributed by atoms with Crippen LogP contribution in [0.5, 0.6) is 0 Å². The van der Waals surface area contributed by atoms with Crippen LogP contribution < -0.4 is 4.90 Å². The molecule has 3 aromatic rings. The predicted octanol–water partition coefficient (Wildman–Crippen LogP) is 4.25. The number of hydrogen-bond donors (Lipinski definition) is 2. The van der Waals surface area contributed by atoms with Crippen molar-refractivity contribution in [3.8, 4) is 0 Å². The summed E-state index contributed by atoms with van der Waals surface area (Å²) in [6.45, 7) is 0.0973. The van der Waals surface area contributed by atoms with Gasteiger partial charge in [-0.15, -0.1) is 0 Å². The Hall–Kier alpha value is -3.01. The fraction of sp³-hybridized carbons (Fsp3) is 0.286. The summed E-state index contributed by atoms with van der Waals surface area (Å²) in [4.78, 5) is 26.8. The number of benzene rings is 3. The number of anilines is 1. The van der Waals surface area contributed by atoms with Crippen molar-refractivity contribution in [1.29, 1.82) is 0 Å². The van der Waals surface area contributed by atoms with Gasteiger partial charge in [0.1, 0.15) is 0 Å². The SMILES string of the molecule is O=C1c2ccccc2C(=O)N1c1ccc(C2OC(CSCCO)CC(c3ccc(CO)cc3)O2)cc1. The van der Waals surface area contributed by atoms with Crippen LogP contribution in [0.3, 0.4) is 0 Å².